The topological polar surface area (TPSA) is 62.3 Å². The highest BCUT2D eigenvalue weighted by Gasteiger charge is 2.73. The molecule has 2 aromatic carbocycles. The lowest BCUT2D eigenvalue weighted by Gasteiger charge is -2.31. The number of anilines is 2. The fraction of sp³-hybridized carbons (Fsp3) is 0.321. The molecular weight excluding hydrogens is 718 g/mol. The molecule has 1 heterocycles. The summed E-state index contributed by atoms with van der Waals surface area (Å²) in [4.78, 5) is 30.8. The zero-order valence-corrected chi connectivity index (χ0v) is 24.4. The largest absolute Gasteiger partial charge is 0.435 e. The van der Waals surface area contributed by atoms with Crippen LogP contribution >= 0.6 is 15.9 Å². The van der Waals surface area contributed by atoms with Gasteiger partial charge in [0.1, 0.15) is 0 Å². The van der Waals surface area contributed by atoms with Crippen LogP contribution < -0.4 is 10.2 Å². The summed E-state index contributed by atoms with van der Waals surface area (Å²) < 4.78 is 164. The summed E-state index contributed by atoms with van der Waals surface area (Å²) in [5.41, 5.74) is -14.2. The minimum Gasteiger partial charge on any atom is -0.320 e. The third-order valence-electron chi connectivity index (χ3n) is 7.20. The number of carbonyl (C=O) groups is 2. The van der Waals surface area contributed by atoms with Gasteiger partial charge in [-0.05, 0) is 78.0 Å². The monoisotopic (exact) mass is 735 g/mol. The minimum absolute atomic E-state index is 0.117. The van der Waals surface area contributed by atoms with Crippen molar-refractivity contribution < 1.29 is 62.3 Å². The lowest BCUT2D eigenvalue weighted by Crippen LogP contribution is -2.50. The Bertz CT molecular complexity index is 1640. The van der Waals surface area contributed by atoms with Crippen LogP contribution in [0.2, 0.25) is 0 Å². The molecule has 3 aromatic rings. The van der Waals surface area contributed by atoms with Gasteiger partial charge in [0.05, 0.1) is 28.1 Å². The van der Waals surface area contributed by atoms with Crippen LogP contribution in [0.4, 0.5) is 64.1 Å². The quantitative estimate of drug-likeness (QED) is 0.195. The molecule has 1 N–H and O–H groups in total. The van der Waals surface area contributed by atoms with E-state index in [1.165, 1.54) is 0 Å². The van der Waals surface area contributed by atoms with Crippen molar-refractivity contribution in [3.05, 3.63) is 87.2 Å². The van der Waals surface area contributed by atoms with Crippen LogP contribution in [0.15, 0.2) is 53.1 Å². The number of hydrogen-bond donors (Lipinski definition) is 1. The zero-order chi connectivity index (χ0) is 34.6. The molecule has 1 saturated carbocycles. The third-order valence-corrected chi connectivity index (χ3v) is 7.83. The summed E-state index contributed by atoms with van der Waals surface area (Å²) in [6.45, 7) is 1.56. The van der Waals surface area contributed by atoms with E-state index in [0.29, 0.717) is 12.8 Å². The molecule has 0 bridgehead atoms. The molecule has 18 heteroatoms. The number of alkyl halides is 10. The Morgan fingerprint density at radius 1 is 0.935 bits per heavy atom. The Morgan fingerprint density at radius 3 is 2.04 bits per heavy atom. The lowest BCUT2D eigenvalue weighted by molar-refractivity contribution is -0.348. The maximum atomic E-state index is 15.9. The van der Waals surface area contributed by atoms with E-state index in [0.717, 1.165) is 41.4 Å². The highest BCUT2D eigenvalue weighted by atomic mass is 79.9. The molecule has 4 rings (SSSR count). The van der Waals surface area contributed by atoms with Gasteiger partial charge in [0.25, 0.3) is 11.8 Å². The molecule has 0 saturated heterocycles. The number of halogens is 13. The van der Waals surface area contributed by atoms with Gasteiger partial charge in [-0.15, -0.1) is 0 Å². The van der Waals surface area contributed by atoms with Gasteiger partial charge in [0.2, 0.25) is 5.95 Å². The van der Waals surface area contributed by atoms with E-state index in [2.05, 4.69) is 20.9 Å². The van der Waals surface area contributed by atoms with E-state index < -0.39 is 92.4 Å². The predicted molar refractivity (Wildman–Crippen MR) is 142 cm³/mol. The van der Waals surface area contributed by atoms with Crippen LogP contribution in [0.25, 0.3) is 0 Å². The standard InChI is InChI=1S/C28H18BrF12N3O2/c1-12(13-5-6-13)44(24(46)14-7-8-20(30)42-11-14)19-4-2-3-16(21(19)31)23(45)43-22-17(26(33,34)35)9-15(10-18(22)29)25(32,27(36,37)38)28(39,40)41/h2-4,7-13H,5-6H2,1H3,(H,43,45). The third kappa shape index (κ3) is 6.53. The van der Waals surface area contributed by atoms with Crippen molar-refractivity contribution >= 4 is 39.1 Å². The van der Waals surface area contributed by atoms with Crippen LogP contribution in [-0.4, -0.2) is 35.2 Å². The molecule has 0 radical (unpaired) electrons. The normalized spacial score (nSPS) is 15.0. The summed E-state index contributed by atoms with van der Waals surface area (Å²) in [5.74, 6) is -5.01. The molecule has 1 fully saturated rings. The fourth-order valence-corrected chi connectivity index (χ4v) is 5.21. The fourth-order valence-electron chi connectivity index (χ4n) is 4.65. The van der Waals surface area contributed by atoms with Gasteiger partial charge in [-0.3, -0.25) is 9.59 Å². The number of nitrogens with zero attached hydrogens (tertiary/aromatic N) is 2. The van der Waals surface area contributed by atoms with Crippen LogP contribution in [0.3, 0.4) is 0 Å². The predicted octanol–water partition coefficient (Wildman–Crippen LogP) is 9.13. The molecule has 0 spiro atoms. The summed E-state index contributed by atoms with van der Waals surface area (Å²) >= 11 is 2.37. The van der Waals surface area contributed by atoms with Crippen molar-refractivity contribution in [1.29, 1.82) is 0 Å². The molecular formula is C28H18BrF12N3O2. The second kappa shape index (κ2) is 12.1. The van der Waals surface area contributed by atoms with E-state index in [1.807, 2.05) is 0 Å². The van der Waals surface area contributed by atoms with E-state index >= 15 is 4.39 Å². The highest BCUT2D eigenvalue weighted by molar-refractivity contribution is 9.10. The maximum Gasteiger partial charge on any atom is 0.435 e. The number of amides is 2. The summed E-state index contributed by atoms with van der Waals surface area (Å²) in [6.07, 6.45) is -17.1. The van der Waals surface area contributed by atoms with Crippen molar-refractivity contribution in [2.24, 2.45) is 5.92 Å². The molecule has 1 atom stereocenters. The van der Waals surface area contributed by atoms with Crippen LogP contribution in [0.5, 0.6) is 0 Å². The molecule has 2 amide bonds. The van der Waals surface area contributed by atoms with E-state index in [4.69, 9.17) is 0 Å². The summed E-state index contributed by atoms with van der Waals surface area (Å²) in [6, 6.07) is 3.14. The average molecular weight is 736 g/mol. The Labute approximate surface area is 259 Å². The Kier molecular flexibility index (Phi) is 9.20. The second-order valence-corrected chi connectivity index (χ2v) is 11.1. The van der Waals surface area contributed by atoms with Crippen LogP contribution in [0.1, 0.15) is 51.6 Å². The Hall–Kier alpha value is -3.83. The molecule has 46 heavy (non-hydrogen) atoms. The Balaban J connectivity index is 1.79. The first-order valence-corrected chi connectivity index (χ1v) is 13.7. The van der Waals surface area contributed by atoms with Gasteiger partial charge in [-0.25, -0.2) is 13.8 Å². The van der Waals surface area contributed by atoms with E-state index in [9.17, 15) is 57.9 Å². The first kappa shape index (κ1) is 35.0. The number of nitrogens with one attached hydrogen (secondary N) is 1. The minimum atomic E-state index is -6.74. The second-order valence-electron chi connectivity index (χ2n) is 10.2. The van der Waals surface area contributed by atoms with Crippen molar-refractivity contribution in [3.63, 3.8) is 0 Å². The number of rotatable bonds is 7. The number of aromatic nitrogens is 1. The SMILES string of the molecule is CC(C1CC1)N(C(=O)c1ccc(F)nc1)c1cccc(C(=O)Nc2c(Br)cc(C(F)(C(F)(F)F)C(F)(F)F)cc2C(F)(F)F)c1F. The molecule has 1 unspecified atom stereocenters. The van der Waals surface area contributed by atoms with Gasteiger partial charge in [-0.1, -0.05) is 6.07 Å². The van der Waals surface area contributed by atoms with Gasteiger partial charge < -0.3 is 10.2 Å². The first-order chi connectivity index (χ1) is 21.1. The Morgan fingerprint density at radius 2 is 1.54 bits per heavy atom. The molecule has 5 nitrogen and oxygen atoms in total. The maximum absolute atomic E-state index is 15.9. The number of pyridine rings is 1. The van der Waals surface area contributed by atoms with Crippen molar-refractivity contribution in [2.45, 2.75) is 50.0 Å². The molecule has 248 valence electrons. The molecule has 1 aliphatic rings. The van der Waals surface area contributed by atoms with Crippen molar-refractivity contribution in [2.75, 3.05) is 10.2 Å². The average Bonchev–Trinajstić information content (AvgIpc) is 3.78. The number of hydrogen-bond acceptors (Lipinski definition) is 3. The molecule has 0 aliphatic heterocycles. The number of carbonyl (C=O) groups excluding carboxylic acids is 2. The smallest absolute Gasteiger partial charge is 0.320 e. The van der Waals surface area contributed by atoms with Crippen molar-refractivity contribution in [3.8, 4) is 0 Å². The van der Waals surface area contributed by atoms with Gasteiger partial charge in [-0.2, -0.15) is 43.9 Å². The van der Waals surface area contributed by atoms with Crippen LogP contribution in [-0.2, 0) is 11.8 Å². The van der Waals surface area contributed by atoms with Crippen molar-refractivity contribution in [1.82, 2.24) is 4.98 Å². The van der Waals surface area contributed by atoms with Gasteiger partial charge in [0, 0.05) is 22.3 Å². The van der Waals surface area contributed by atoms with E-state index in [1.54, 1.807) is 12.2 Å². The summed E-state index contributed by atoms with van der Waals surface area (Å²) in [7, 11) is 0. The highest BCUT2D eigenvalue weighted by Crippen LogP contribution is 2.55. The van der Waals surface area contributed by atoms with Gasteiger partial charge >= 0.3 is 24.2 Å². The molecule has 1 aromatic heterocycles. The summed E-state index contributed by atoms with van der Waals surface area (Å²) in [5, 5.41) is 1.61. The van der Waals surface area contributed by atoms with Gasteiger partial charge in [0.15, 0.2) is 5.82 Å². The van der Waals surface area contributed by atoms with Crippen LogP contribution in [0, 0.1) is 17.7 Å². The first-order valence-electron chi connectivity index (χ1n) is 12.9. The van der Waals surface area contributed by atoms with E-state index in [-0.39, 0.29) is 17.5 Å². The molecule has 1 aliphatic carbocycles. The lowest BCUT2D eigenvalue weighted by atomic mass is 9.92. The zero-order valence-electron chi connectivity index (χ0n) is 22.8. The number of benzene rings is 2.